The molecular weight excluding hydrogens is 432 g/mol. The number of hydrogen-bond donors (Lipinski definition) is 1. The number of rotatable bonds is 7. The van der Waals surface area contributed by atoms with Gasteiger partial charge in [-0.2, -0.15) is 0 Å². The van der Waals surface area contributed by atoms with Crippen molar-refractivity contribution in [2.24, 2.45) is 0 Å². The van der Waals surface area contributed by atoms with Gasteiger partial charge < -0.3 is 15.4 Å². The van der Waals surface area contributed by atoms with Crippen LogP contribution < -0.4 is 5.73 Å². The number of amides is 1. The van der Waals surface area contributed by atoms with E-state index in [1.165, 1.54) is 11.3 Å². The molecule has 2 aromatic heterocycles. The SMILES string of the molecule is COCC1C(=O)N(Cc2ccc3c(N)nccc3c2)CCN1C/C=C/c1ccc(Cl)s1. The number of fused-ring (bicyclic) bond motifs is 1. The van der Waals surface area contributed by atoms with Crippen LogP contribution in [0.1, 0.15) is 10.4 Å². The lowest BCUT2D eigenvalue weighted by Crippen LogP contribution is -2.58. The average molecular weight is 457 g/mol. The third-order valence-electron chi connectivity index (χ3n) is 5.47. The van der Waals surface area contributed by atoms with Gasteiger partial charge in [-0.1, -0.05) is 29.8 Å². The summed E-state index contributed by atoms with van der Waals surface area (Å²) in [5, 5.41) is 1.96. The zero-order valence-corrected chi connectivity index (χ0v) is 18.9. The number of benzene rings is 1. The Balaban J connectivity index is 1.44. The maximum absolute atomic E-state index is 13.2. The second kappa shape index (κ2) is 9.78. The Bertz CT molecular complexity index is 1100. The number of nitrogens with zero attached hydrogens (tertiary/aromatic N) is 3. The summed E-state index contributed by atoms with van der Waals surface area (Å²) in [6.45, 7) is 3.09. The fourth-order valence-corrected chi connectivity index (χ4v) is 4.88. The normalized spacial score (nSPS) is 17.8. The summed E-state index contributed by atoms with van der Waals surface area (Å²) in [5.74, 6) is 0.613. The summed E-state index contributed by atoms with van der Waals surface area (Å²) < 4.78 is 6.14. The lowest BCUT2D eigenvalue weighted by Gasteiger charge is -2.40. The van der Waals surface area contributed by atoms with Crippen molar-refractivity contribution in [2.75, 3.05) is 39.1 Å². The number of piperazine rings is 1. The van der Waals surface area contributed by atoms with E-state index >= 15 is 0 Å². The molecule has 4 rings (SSSR count). The summed E-state index contributed by atoms with van der Waals surface area (Å²) in [5.41, 5.74) is 7.03. The van der Waals surface area contributed by atoms with Crippen molar-refractivity contribution >= 4 is 51.5 Å². The highest BCUT2D eigenvalue weighted by Crippen LogP contribution is 2.24. The van der Waals surface area contributed by atoms with Gasteiger partial charge in [-0.15, -0.1) is 11.3 Å². The van der Waals surface area contributed by atoms with Gasteiger partial charge in [-0.3, -0.25) is 9.69 Å². The Labute approximate surface area is 190 Å². The van der Waals surface area contributed by atoms with Crippen LogP contribution in [0.3, 0.4) is 0 Å². The zero-order chi connectivity index (χ0) is 21.8. The predicted molar refractivity (Wildman–Crippen MR) is 127 cm³/mol. The fraction of sp³-hybridized carbons (Fsp3) is 0.304. The molecule has 1 aromatic carbocycles. The molecule has 0 spiro atoms. The van der Waals surface area contributed by atoms with Crippen molar-refractivity contribution in [3.63, 3.8) is 0 Å². The predicted octanol–water partition coefficient (Wildman–Crippen LogP) is 3.90. The van der Waals surface area contributed by atoms with Gasteiger partial charge in [0.2, 0.25) is 5.91 Å². The van der Waals surface area contributed by atoms with Crippen molar-refractivity contribution in [3.8, 4) is 0 Å². The second-order valence-electron chi connectivity index (χ2n) is 7.52. The van der Waals surface area contributed by atoms with Crippen molar-refractivity contribution in [2.45, 2.75) is 12.6 Å². The first-order valence-corrected chi connectivity index (χ1v) is 11.3. The highest BCUT2D eigenvalue weighted by atomic mass is 35.5. The van der Waals surface area contributed by atoms with Crippen molar-refractivity contribution < 1.29 is 9.53 Å². The number of carbonyl (C=O) groups is 1. The highest BCUT2D eigenvalue weighted by molar-refractivity contribution is 7.16. The molecule has 1 fully saturated rings. The van der Waals surface area contributed by atoms with Gasteiger partial charge in [0.15, 0.2) is 0 Å². The molecule has 1 amide bonds. The van der Waals surface area contributed by atoms with E-state index in [-0.39, 0.29) is 11.9 Å². The van der Waals surface area contributed by atoms with Gasteiger partial charge in [0.1, 0.15) is 11.9 Å². The number of anilines is 1. The van der Waals surface area contributed by atoms with Crippen LogP contribution in [0.4, 0.5) is 5.82 Å². The standard InChI is InChI=1S/C23H25ClN4O2S/c1-30-15-20-23(29)28(12-11-27(20)10-2-3-18-5-7-21(24)31-18)14-16-4-6-19-17(13-16)8-9-26-22(19)25/h2-9,13,20H,10-12,14-15H2,1H3,(H2,25,26)/b3-2+. The molecule has 1 saturated heterocycles. The minimum absolute atomic E-state index is 0.0926. The number of halogens is 1. The first-order valence-electron chi connectivity index (χ1n) is 10.1. The van der Waals surface area contributed by atoms with Gasteiger partial charge >= 0.3 is 0 Å². The number of nitrogens with two attached hydrogens (primary N) is 1. The second-order valence-corrected chi connectivity index (χ2v) is 9.27. The van der Waals surface area contributed by atoms with Gasteiger partial charge in [-0.25, -0.2) is 4.98 Å². The molecule has 0 bridgehead atoms. The monoisotopic (exact) mass is 456 g/mol. The third-order valence-corrected chi connectivity index (χ3v) is 6.66. The Morgan fingerprint density at radius 2 is 2.16 bits per heavy atom. The smallest absolute Gasteiger partial charge is 0.242 e. The average Bonchev–Trinajstić information content (AvgIpc) is 3.17. The molecule has 0 saturated carbocycles. The van der Waals surface area contributed by atoms with E-state index < -0.39 is 0 Å². The molecule has 1 atom stereocenters. The van der Waals surface area contributed by atoms with Crippen LogP contribution in [-0.4, -0.2) is 60.1 Å². The van der Waals surface area contributed by atoms with Gasteiger partial charge in [0, 0.05) is 49.7 Å². The van der Waals surface area contributed by atoms with Gasteiger partial charge in [0.05, 0.1) is 10.9 Å². The van der Waals surface area contributed by atoms with E-state index in [1.54, 1.807) is 13.3 Å². The lowest BCUT2D eigenvalue weighted by atomic mass is 10.1. The summed E-state index contributed by atoms with van der Waals surface area (Å²) in [6.07, 6.45) is 5.83. The molecule has 6 nitrogen and oxygen atoms in total. The molecule has 31 heavy (non-hydrogen) atoms. The van der Waals surface area contributed by atoms with Crippen molar-refractivity contribution in [3.05, 3.63) is 63.4 Å². The molecular formula is C23H25ClN4O2S. The van der Waals surface area contributed by atoms with E-state index in [9.17, 15) is 4.79 Å². The van der Waals surface area contributed by atoms with Crippen LogP contribution in [-0.2, 0) is 16.1 Å². The highest BCUT2D eigenvalue weighted by Gasteiger charge is 2.34. The first kappa shape index (κ1) is 21.8. The van der Waals surface area contributed by atoms with Crippen LogP contribution in [0.15, 0.2) is 48.7 Å². The maximum atomic E-state index is 13.2. The quantitative estimate of drug-likeness (QED) is 0.583. The Kier molecular flexibility index (Phi) is 6.87. The molecule has 1 aliphatic rings. The molecule has 2 N–H and O–H groups in total. The summed E-state index contributed by atoms with van der Waals surface area (Å²) in [7, 11) is 1.63. The summed E-state index contributed by atoms with van der Waals surface area (Å²) in [4.78, 5) is 22.5. The molecule has 162 valence electrons. The Morgan fingerprint density at radius 3 is 2.94 bits per heavy atom. The number of nitrogen functional groups attached to an aromatic ring is 1. The van der Waals surface area contributed by atoms with E-state index in [4.69, 9.17) is 22.1 Å². The van der Waals surface area contributed by atoms with E-state index in [0.717, 1.165) is 32.1 Å². The van der Waals surface area contributed by atoms with E-state index in [0.29, 0.717) is 32.1 Å². The molecule has 3 aromatic rings. The zero-order valence-electron chi connectivity index (χ0n) is 17.3. The van der Waals surface area contributed by atoms with Crippen molar-refractivity contribution in [1.82, 2.24) is 14.8 Å². The summed E-state index contributed by atoms with van der Waals surface area (Å²) in [6, 6.07) is 11.6. The molecule has 0 radical (unpaired) electrons. The third kappa shape index (κ3) is 5.07. The number of hydrogen-bond acceptors (Lipinski definition) is 6. The fourth-order valence-electron chi connectivity index (χ4n) is 3.88. The molecule has 1 unspecified atom stereocenters. The number of pyridine rings is 1. The van der Waals surface area contributed by atoms with E-state index in [2.05, 4.69) is 22.0 Å². The minimum atomic E-state index is -0.296. The number of carbonyl (C=O) groups excluding carboxylic acids is 1. The molecule has 0 aliphatic carbocycles. The number of aromatic nitrogens is 1. The van der Waals surface area contributed by atoms with Crippen LogP contribution in [0, 0.1) is 0 Å². The number of methoxy groups -OCH3 is 1. The van der Waals surface area contributed by atoms with Crippen LogP contribution in [0.2, 0.25) is 4.34 Å². The molecule has 1 aliphatic heterocycles. The van der Waals surface area contributed by atoms with Crippen LogP contribution in [0.25, 0.3) is 16.8 Å². The first-order chi connectivity index (χ1) is 15.0. The number of thiophene rings is 1. The maximum Gasteiger partial charge on any atom is 0.242 e. The molecule has 3 heterocycles. The lowest BCUT2D eigenvalue weighted by molar-refractivity contribution is -0.144. The molecule has 8 heteroatoms. The van der Waals surface area contributed by atoms with Gasteiger partial charge in [0.25, 0.3) is 0 Å². The minimum Gasteiger partial charge on any atom is -0.383 e. The van der Waals surface area contributed by atoms with Crippen molar-refractivity contribution in [1.29, 1.82) is 0 Å². The van der Waals surface area contributed by atoms with Gasteiger partial charge in [-0.05, 0) is 41.3 Å². The topological polar surface area (TPSA) is 71.7 Å². The van der Waals surface area contributed by atoms with E-state index in [1.807, 2.05) is 41.3 Å². The number of ether oxygens (including phenoxy) is 1. The summed E-state index contributed by atoms with van der Waals surface area (Å²) >= 11 is 7.53. The Morgan fingerprint density at radius 1 is 1.29 bits per heavy atom. The van der Waals surface area contributed by atoms with Crippen LogP contribution in [0.5, 0.6) is 0 Å². The van der Waals surface area contributed by atoms with Crippen LogP contribution >= 0.6 is 22.9 Å². The Hall–Kier alpha value is -2.45. The largest absolute Gasteiger partial charge is 0.383 e.